The second-order valence-corrected chi connectivity index (χ2v) is 3.01. The summed E-state index contributed by atoms with van der Waals surface area (Å²) in [6, 6.07) is 0. The van der Waals surface area contributed by atoms with Crippen molar-refractivity contribution in [2.75, 3.05) is 0 Å². The molecule has 1 aromatic heterocycles. The summed E-state index contributed by atoms with van der Waals surface area (Å²) in [5.41, 5.74) is 2.17. The van der Waals surface area contributed by atoms with E-state index in [0.717, 1.165) is 11.3 Å². The highest BCUT2D eigenvalue weighted by Crippen LogP contribution is 2.04. The van der Waals surface area contributed by atoms with E-state index in [1.54, 1.807) is 10.9 Å². The van der Waals surface area contributed by atoms with Crippen LogP contribution in [0, 0.1) is 6.92 Å². The Balaban J connectivity index is 2.55. The van der Waals surface area contributed by atoms with E-state index in [4.69, 9.17) is 0 Å². The van der Waals surface area contributed by atoms with Gasteiger partial charge in [-0.2, -0.15) is 5.10 Å². The van der Waals surface area contributed by atoms with Crippen LogP contribution in [0.3, 0.4) is 0 Å². The number of hydrogen-bond donors (Lipinski definition) is 1. The minimum atomic E-state index is 0.0725. The summed E-state index contributed by atoms with van der Waals surface area (Å²) >= 11 is 0. The third kappa shape index (κ3) is 2.31. The Labute approximate surface area is 77.9 Å². The van der Waals surface area contributed by atoms with E-state index in [2.05, 4.69) is 10.4 Å². The van der Waals surface area contributed by atoms with Gasteiger partial charge in [-0.15, -0.1) is 0 Å². The van der Waals surface area contributed by atoms with Crippen LogP contribution in [0.1, 0.15) is 24.6 Å². The number of hydrogen-bond acceptors (Lipinski definition) is 2. The lowest BCUT2D eigenvalue weighted by Crippen LogP contribution is -2.21. The predicted molar refractivity (Wildman–Crippen MR) is 50.1 cm³/mol. The van der Waals surface area contributed by atoms with Crippen LogP contribution in [0.5, 0.6) is 0 Å². The molecule has 0 bridgehead atoms. The summed E-state index contributed by atoms with van der Waals surface area (Å²) in [4.78, 5) is 11.0. The van der Waals surface area contributed by atoms with Gasteiger partial charge in [0.05, 0.1) is 6.20 Å². The molecule has 0 aliphatic rings. The Kier molecular flexibility index (Phi) is 3.06. The van der Waals surface area contributed by atoms with E-state index in [0.29, 0.717) is 13.0 Å². The van der Waals surface area contributed by atoms with E-state index in [-0.39, 0.29) is 5.91 Å². The van der Waals surface area contributed by atoms with Gasteiger partial charge in [0, 0.05) is 31.3 Å². The van der Waals surface area contributed by atoms with Crippen molar-refractivity contribution in [2.45, 2.75) is 26.8 Å². The van der Waals surface area contributed by atoms with Gasteiger partial charge in [0.2, 0.25) is 5.91 Å². The first-order valence-electron chi connectivity index (χ1n) is 4.39. The van der Waals surface area contributed by atoms with E-state index in [9.17, 15) is 4.79 Å². The Morgan fingerprint density at radius 2 is 2.38 bits per heavy atom. The zero-order valence-electron chi connectivity index (χ0n) is 8.29. The van der Waals surface area contributed by atoms with E-state index >= 15 is 0 Å². The van der Waals surface area contributed by atoms with Crippen molar-refractivity contribution < 1.29 is 4.79 Å². The standard InChI is InChI=1S/C9H15N3O/c1-4-9(13)10-5-8-6-11-12(3)7(8)2/h6H,4-5H2,1-3H3,(H,10,13). The second kappa shape index (κ2) is 4.07. The van der Waals surface area contributed by atoms with Crippen molar-refractivity contribution in [3.05, 3.63) is 17.5 Å². The number of nitrogens with zero attached hydrogens (tertiary/aromatic N) is 2. The van der Waals surface area contributed by atoms with E-state index in [1.165, 1.54) is 0 Å². The molecule has 0 saturated heterocycles. The summed E-state index contributed by atoms with van der Waals surface area (Å²) in [7, 11) is 1.89. The highest BCUT2D eigenvalue weighted by atomic mass is 16.1. The number of carbonyl (C=O) groups excluding carboxylic acids is 1. The maximum Gasteiger partial charge on any atom is 0.219 e. The van der Waals surface area contributed by atoms with Crippen molar-refractivity contribution in [1.82, 2.24) is 15.1 Å². The molecule has 4 nitrogen and oxygen atoms in total. The van der Waals surface area contributed by atoms with Crippen LogP contribution in [0.15, 0.2) is 6.20 Å². The Morgan fingerprint density at radius 3 is 2.85 bits per heavy atom. The zero-order chi connectivity index (χ0) is 9.84. The van der Waals surface area contributed by atoms with E-state index < -0.39 is 0 Å². The third-order valence-electron chi connectivity index (χ3n) is 2.13. The Morgan fingerprint density at radius 1 is 1.69 bits per heavy atom. The summed E-state index contributed by atoms with van der Waals surface area (Å²) < 4.78 is 1.80. The predicted octanol–water partition coefficient (Wildman–Crippen LogP) is 0.755. The van der Waals surface area contributed by atoms with Gasteiger partial charge in [-0.05, 0) is 6.92 Å². The van der Waals surface area contributed by atoms with Gasteiger partial charge in [0.15, 0.2) is 0 Å². The fourth-order valence-electron chi connectivity index (χ4n) is 1.04. The molecule has 0 radical (unpaired) electrons. The van der Waals surface area contributed by atoms with Crippen LogP contribution < -0.4 is 5.32 Å². The van der Waals surface area contributed by atoms with Gasteiger partial charge in [-0.3, -0.25) is 9.48 Å². The average Bonchev–Trinajstić information content (AvgIpc) is 2.44. The first-order valence-corrected chi connectivity index (χ1v) is 4.39. The molecule has 1 rings (SSSR count). The molecule has 1 amide bonds. The van der Waals surface area contributed by atoms with Crippen LogP contribution in [0.25, 0.3) is 0 Å². The van der Waals surface area contributed by atoms with Crippen molar-refractivity contribution in [2.24, 2.45) is 7.05 Å². The van der Waals surface area contributed by atoms with Crippen molar-refractivity contribution >= 4 is 5.91 Å². The molecule has 0 aliphatic carbocycles. The fraction of sp³-hybridized carbons (Fsp3) is 0.556. The van der Waals surface area contributed by atoms with E-state index in [1.807, 2.05) is 20.9 Å². The quantitative estimate of drug-likeness (QED) is 0.748. The molecule has 4 heteroatoms. The van der Waals surface area contributed by atoms with Crippen LogP contribution in [0.2, 0.25) is 0 Å². The summed E-state index contributed by atoms with van der Waals surface area (Å²) in [5.74, 6) is 0.0725. The lowest BCUT2D eigenvalue weighted by atomic mass is 10.2. The molecule has 0 aliphatic heterocycles. The number of aryl methyl sites for hydroxylation is 1. The smallest absolute Gasteiger partial charge is 0.219 e. The van der Waals surface area contributed by atoms with Gasteiger partial charge < -0.3 is 5.32 Å². The molecule has 72 valence electrons. The van der Waals surface area contributed by atoms with Crippen LogP contribution >= 0.6 is 0 Å². The maximum absolute atomic E-state index is 11.0. The van der Waals surface area contributed by atoms with Gasteiger partial charge >= 0.3 is 0 Å². The number of rotatable bonds is 3. The van der Waals surface area contributed by atoms with Gasteiger partial charge in [-0.25, -0.2) is 0 Å². The monoisotopic (exact) mass is 181 g/mol. The molecule has 0 aromatic carbocycles. The summed E-state index contributed by atoms with van der Waals surface area (Å²) in [6.45, 7) is 4.40. The van der Waals surface area contributed by atoms with Crippen molar-refractivity contribution in [3.63, 3.8) is 0 Å². The Hall–Kier alpha value is -1.32. The fourth-order valence-corrected chi connectivity index (χ4v) is 1.04. The first-order chi connectivity index (χ1) is 6.15. The lowest BCUT2D eigenvalue weighted by Gasteiger charge is -2.02. The summed E-state index contributed by atoms with van der Waals surface area (Å²) in [6.07, 6.45) is 2.31. The second-order valence-electron chi connectivity index (χ2n) is 3.01. The zero-order valence-corrected chi connectivity index (χ0v) is 8.29. The Bertz CT molecular complexity index is 304. The number of aromatic nitrogens is 2. The van der Waals surface area contributed by atoms with Crippen LogP contribution in [0.4, 0.5) is 0 Å². The van der Waals surface area contributed by atoms with Crippen LogP contribution in [-0.4, -0.2) is 15.7 Å². The molecule has 1 aromatic rings. The number of carbonyl (C=O) groups is 1. The molecular formula is C9H15N3O. The highest BCUT2D eigenvalue weighted by Gasteiger charge is 2.04. The lowest BCUT2D eigenvalue weighted by molar-refractivity contribution is -0.120. The first kappa shape index (κ1) is 9.77. The molecule has 0 spiro atoms. The third-order valence-corrected chi connectivity index (χ3v) is 2.13. The highest BCUT2D eigenvalue weighted by molar-refractivity contribution is 5.75. The molecular weight excluding hydrogens is 166 g/mol. The number of nitrogens with one attached hydrogen (secondary N) is 1. The van der Waals surface area contributed by atoms with Crippen molar-refractivity contribution in [1.29, 1.82) is 0 Å². The molecule has 13 heavy (non-hydrogen) atoms. The molecule has 0 unspecified atom stereocenters. The van der Waals surface area contributed by atoms with Gasteiger partial charge in [0.1, 0.15) is 0 Å². The molecule has 0 atom stereocenters. The van der Waals surface area contributed by atoms with Crippen molar-refractivity contribution in [3.8, 4) is 0 Å². The van der Waals surface area contributed by atoms with Gasteiger partial charge in [-0.1, -0.05) is 6.92 Å². The molecule has 0 saturated carbocycles. The number of amides is 1. The molecule has 0 fully saturated rings. The topological polar surface area (TPSA) is 46.9 Å². The maximum atomic E-state index is 11.0. The normalized spacial score (nSPS) is 10.1. The minimum absolute atomic E-state index is 0.0725. The molecule has 1 heterocycles. The van der Waals surface area contributed by atoms with Gasteiger partial charge in [0.25, 0.3) is 0 Å². The average molecular weight is 181 g/mol. The summed E-state index contributed by atoms with van der Waals surface area (Å²) in [5, 5.41) is 6.90. The van der Waals surface area contributed by atoms with Crippen LogP contribution in [-0.2, 0) is 18.4 Å². The molecule has 1 N–H and O–H groups in total. The largest absolute Gasteiger partial charge is 0.352 e. The minimum Gasteiger partial charge on any atom is -0.352 e. The SMILES string of the molecule is CCC(=O)NCc1cnn(C)c1C.